The molecule has 0 aliphatic heterocycles. The topological polar surface area (TPSA) is 65.1 Å². The van der Waals surface area contributed by atoms with Crippen LogP contribution in [0.3, 0.4) is 0 Å². The van der Waals surface area contributed by atoms with Crippen LogP contribution in [0.1, 0.15) is 27.7 Å². The fraction of sp³-hybridized carbons (Fsp3) is 0.167. The zero-order chi connectivity index (χ0) is 17.3. The van der Waals surface area contributed by atoms with Gasteiger partial charge in [0.1, 0.15) is 17.7 Å². The fourth-order valence-corrected chi connectivity index (χ4v) is 2.78. The Balaban J connectivity index is 1.79. The van der Waals surface area contributed by atoms with Gasteiger partial charge < -0.3 is 15.4 Å². The molecule has 3 rings (SSSR count). The van der Waals surface area contributed by atoms with E-state index >= 15 is 0 Å². The van der Waals surface area contributed by atoms with Crippen LogP contribution in [-0.4, -0.2) is 22.5 Å². The number of aliphatic hydroxyl groups excluding tert-OH is 1. The number of benzene rings is 2. The highest BCUT2D eigenvalue weighted by Gasteiger charge is 2.20. The van der Waals surface area contributed by atoms with E-state index in [1.54, 1.807) is 13.0 Å². The van der Waals surface area contributed by atoms with E-state index in [1.807, 2.05) is 18.2 Å². The first-order valence-electron chi connectivity index (χ1n) is 7.46. The summed E-state index contributed by atoms with van der Waals surface area (Å²) in [5.74, 6) is -2.11. The number of amides is 1. The molecule has 1 heterocycles. The number of aromatic amines is 1. The lowest BCUT2D eigenvalue weighted by Gasteiger charge is -2.14. The van der Waals surface area contributed by atoms with Crippen LogP contribution in [0.4, 0.5) is 8.78 Å². The largest absolute Gasteiger partial charge is 0.386 e. The van der Waals surface area contributed by atoms with Crippen LogP contribution in [0.5, 0.6) is 0 Å². The van der Waals surface area contributed by atoms with Crippen LogP contribution in [0.15, 0.2) is 42.5 Å². The molecule has 0 saturated carbocycles. The molecule has 6 heteroatoms. The van der Waals surface area contributed by atoms with Gasteiger partial charge in [-0.05, 0) is 25.1 Å². The number of para-hydroxylation sites is 1. The van der Waals surface area contributed by atoms with Crippen molar-refractivity contribution in [3.8, 4) is 0 Å². The van der Waals surface area contributed by atoms with E-state index in [1.165, 1.54) is 6.07 Å². The summed E-state index contributed by atoms with van der Waals surface area (Å²) in [5, 5.41) is 13.3. The van der Waals surface area contributed by atoms with Crippen molar-refractivity contribution in [2.75, 3.05) is 6.54 Å². The highest BCUT2D eigenvalue weighted by molar-refractivity contribution is 6.08. The summed E-state index contributed by atoms with van der Waals surface area (Å²) < 4.78 is 27.3. The van der Waals surface area contributed by atoms with E-state index in [9.17, 15) is 18.7 Å². The Morgan fingerprint density at radius 3 is 2.54 bits per heavy atom. The second-order valence-electron chi connectivity index (χ2n) is 5.53. The summed E-state index contributed by atoms with van der Waals surface area (Å²) in [5.41, 5.74) is 1.50. The molecule has 0 radical (unpaired) electrons. The Morgan fingerprint density at radius 2 is 1.83 bits per heavy atom. The summed E-state index contributed by atoms with van der Waals surface area (Å²) in [4.78, 5) is 15.5. The SMILES string of the molecule is Cc1[nH]c2ccccc2c1C(=O)NC[C@H](O)c1c(F)cccc1F. The molecule has 3 N–H and O–H groups in total. The lowest BCUT2D eigenvalue weighted by molar-refractivity contribution is 0.0912. The number of nitrogens with one attached hydrogen (secondary N) is 2. The van der Waals surface area contributed by atoms with E-state index < -0.39 is 29.2 Å². The molecule has 1 aromatic heterocycles. The number of H-pyrrole nitrogens is 1. The number of halogens is 2. The molecule has 3 aromatic rings. The Labute approximate surface area is 137 Å². The molecule has 0 aliphatic rings. The maximum atomic E-state index is 13.7. The van der Waals surface area contributed by atoms with Gasteiger partial charge in [0.2, 0.25) is 0 Å². The molecule has 0 spiro atoms. The number of aliphatic hydroxyl groups is 1. The monoisotopic (exact) mass is 330 g/mol. The summed E-state index contributed by atoms with van der Waals surface area (Å²) in [6.07, 6.45) is -1.47. The van der Waals surface area contributed by atoms with Crippen molar-refractivity contribution in [1.82, 2.24) is 10.3 Å². The number of hydrogen-bond acceptors (Lipinski definition) is 2. The minimum atomic E-state index is -1.47. The molecule has 1 atom stereocenters. The molecule has 0 bridgehead atoms. The molecular formula is C18H16F2N2O2. The van der Waals surface area contributed by atoms with Crippen LogP contribution in [0.25, 0.3) is 10.9 Å². The Bertz CT molecular complexity index is 885. The van der Waals surface area contributed by atoms with Crippen molar-refractivity contribution in [3.05, 3.63) is 70.9 Å². The van der Waals surface area contributed by atoms with Gasteiger partial charge >= 0.3 is 0 Å². The van der Waals surface area contributed by atoms with Crippen LogP contribution in [0, 0.1) is 18.6 Å². The lowest BCUT2D eigenvalue weighted by Crippen LogP contribution is -2.29. The van der Waals surface area contributed by atoms with Crippen molar-refractivity contribution >= 4 is 16.8 Å². The first-order chi connectivity index (χ1) is 11.5. The van der Waals surface area contributed by atoms with Crippen molar-refractivity contribution in [2.45, 2.75) is 13.0 Å². The highest BCUT2D eigenvalue weighted by Crippen LogP contribution is 2.23. The van der Waals surface area contributed by atoms with Gasteiger partial charge in [0.15, 0.2) is 0 Å². The molecule has 0 saturated heterocycles. The number of hydrogen-bond donors (Lipinski definition) is 3. The summed E-state index contributed by atoms with van der Waals surface area (Å²) in [6.45, 7) is 1.47. The van der Waals surface area contributed by atoms with Gasteiger partial charge in [-0.2, -0.15) is 0 Å². The van der Waals surface area contributed by atoms with Gasteiger partial charge in [-0.1, -0.05) is 24.3 Å². The number of carbonyl (C=O) groups excluding carboxylic acids is 1. The van der Waals surface area contributed by atoms with Gasteiger partial charge in [-0.3, -0.25) is 4.79 Å². The summed E-state index contributed by atoms with van der Waals surface area (Å²) in [7, 11) is 0. The standard InChI is InChI=1S/C18H16F2N2O2/c1-10-16(11-5-2-3-8-14(11)22-10)18(24)21-9-15(23)17-12(19)6-4-7-13(17)20/h2-8,15,22-23H,9H2,1H3,(H,21,24)/t15-/m0/s1. The molecule has 24 heavy (non-hydrogen) atoms. The van der Waals surface area contributed by atoms with E-state index in [4.69, 9.17) is 0 Å². The fourth-order valence-electron chi connectivity index (χ4n) is 2.78. The molecule has 0 unspecified atom stereocenters. The number of rotatable bonds is 4. The molecular weight excluding hydrogens is 314 g/mol. The van der Waals surface area contributed by atoms with Crippen molar-refractivity contribution < 1.29 is 18.7 Å². The zero-order valence-corrected chi connectivity index (χ0v) is 12.9. The highest BCUT2D eigenvalue weighted by atomic mass is 19.1. The maximum Gasteiger partial charge on any atom is 0.253 e. The van der Waals surface area contributed by atoms with Crippen LogP contribution in [0.2, 0.25) is 0 Å². The molecule has 2 aromatic carbocycles. The third-order valence-electron chi connectivity index (χ3n) is 3.91. The first-order valence-corrected chi connectivity index (χ1v) is 7.46. The minimum Gasteiger partial charge on any atom is -0.386 e. The number of fused-ring (bicyclic) bond motifs is 1. The minimum absolute atomic E-state index is 0.296. The van der Waals surface area contributed by atoms with Gasteiger partial charge in [-0.25, -0.2) is 8.78 Å². The van der Waals surface area contributed by atoms with Crippen molar-refractivity contribution in [2.24, 2.45) is 0 Å². The quantitative estimate of drug-likeness (QED) is 0.688. The summed E-state index contributed by atoms with van der Waals surface area (Å²) >= 11 is 0. The van der Waals surface area contributed by atoms with Crippen molar-refractivity contribution in [1.29, 1.82) is 0 Å². The second-order valence-corrected chi connectivity index (χ2v) is 5.53. The van der Waals surface area contributed by atoms with Gasteiger partial charge in [0, 0.05) is 23.1 Å². The number of aromatic nitrogens is 1. The Morgan fingerprint density at radius 1 is 1.17 bits per heavy atom. The van der Waals surface area contributed by atoms with E-state index in [0.717, 1.165) is 23.0 Å². The maximum absolute atomic E-state index is 13.7. The first kappa shape index (κ1) is 16.1. The average Bonchev–Trinajstić information content (AvgIpc) is 2.88. The molecule has 0 fully saturated rings. The Kier molecular flexibility index (Phi) is 4.31. The lowest BCUT2D eigenvalue weighted by atomic mass is 10.1. The Hall–Kier alpha value is -2.73. The van der Waals surface area contributed by atoms with Gasteiger partial charge in [0.05, 0.1) is 11.1 Å². The number of carbonyl (C=O) groups is 1. The second kappa shape index (κ2) is 6.41. The number of aryl methyl sites for hydroxylation is 1. The van der Waals surface area contributed by atoms with Crippen LogP contribution in [-0.2, 0) is 0 Å². The van der Waals surface area contributed by atoms with Gasteiger partial charge in [-0.15, -0.1) is 0 Å². The van der Waals surface area contributed by atoms with E-state index in [2.05, 4.69) is 10.3 Å². The smallest absolute Gasteiger partial charge is 0.253 e. The molecule has 0 aliphatic carbocycles. The average molecular weight is 330 g/mol. The normalized spacial score (nSPS) is 12.3. The molecule has 1 amide bonds. The van der Waals surface area contributed by atoms with E-state index in [0.29, 0.717) is 11.3 Å². The predicted molar refractivity (Wildman–Crippen MR) is 86.7 cm³/mol. The van der Waals surface area contributed by atoms with Crippen molar-refractivity contribution in [3.63, 3.8) is 0 Å². The third-order valence-corrected chi connectivity index (χ3v) is 3.91. The molecule has 124 valence electrons. The van der Waals surface area contributed by atoms with Gasteiger partial charge in [0.25, 0.3) is 5.91 Å². The van der Waals surface area contributed by atoms with E-state index in [-0.39, 0.29) is 6.54 Å². The van der Waals surface area contributed by atoms with Crippen LogP contribution >= 0.6 is 0 Å². The van der Waals surface area contributed by atoms with Crippen LogP contribution < -0.4 is 5.32 Å². The zero-order valence-electron chi connectivity index (χ0n) is 12.9. The third kappa shape index (κ3) is 2.88. The summed E-state index contributed by atoms with van der Waals surface area (Å²) in [6, 6.07) is 10.7. The molecule has 4 nitrogen and oxygen atoms in total. The predicted octanol–water partition coefficient (Wildman–Crippen LogP) is 3.22.